The van der Waals surface area contributed by atoms with Crippen LogP contribution in [0.2, 0.25) is 5.02 Å². The molecule has 0 aliphatic heterocycles. The molecule has 0 saturated carbocycles. The van der Waals surface area contributed by atoms with Crippen LogP contribution in [0, 0.1) is 13.8 Å². The number of halogens is 1. The number of hydrogen-bond donors (Lipinski definition) is 2. The SMILES string of the molecule is Cc1cc(C)cc(OCCNC(=O)NCc2ccccc2Cl)c1. The molecule has 122 valence electrons. The Kier molecular flexibility index (Phi) is 6.29. The zero-order valence-corrected chi connectivity index (χ0v) is 14.1. The van der Waals surface area contributed by atoms with E-state index in [4.69, 9.17) is 16.3 Å². The van der Waals surface area contributed by atoms with Crippen molar-refractivity contribution in [1.29, 1.82) is 0 Å². The third kappa shape index (κ3) is 5.83. The lowest BCUT2D eigenvalue weighted by atomic mass is 10.1. The molecule has 0 spiro atoms. The molecule has 4 nitrogen and oxygen atoms in total. The average Bonchev–Trinajstić information content (AvgIpc) is 2.50. The predicted octanol–water partition coefficient (Wildman–Crippen LogP) is 3.84. The first-order valence-corrected chi connectivity index (χ1v) is 7.88. The standard InChI is InChI=1S/C18H21ClN2O2/c1-13-9-14(2)11-16(10-13)23-8-7-20-18(22)21-12-15-5-3-4-6-17(15)19/h3-6,9-11H,7-8,12H2,1-2H3,(H2,20,21,22). The van der Waals surface area contributed by atoms with Crippen molar-refractivity contribution >= 4 is 17.6 Å². The number of aryl methyl sites for hydroxylation is 2. The smallest absolute Gasteiger partial charge is 0.315 e. The van der Waals surface area contributed by atoms with E-state index >= 15 is 0 Å². The van der Waals surface area contributed by atoms with Gasteiger partial charge in [-0.15, -0.1) is 0 Å². The highest BCUT2D eigenvalue weighted by molar-refractivity contribution is 6.31. The third-order valence-electron chi connectivity index (χ3n) is 3.25. The van der Waals surface area contributed by atoms with Gasteiger partial charge in [-0.25, -0.2) is 4.79 Å². The van der Waals surface area contributed by atoms with Crippen LogP contribution in [-0.2, 0) is 6.54 Å². The Morgan fingerprint density at radius 1 is 1.09 bits per heavy atom. The van der Waals surface area contributed by atoms with Crippen molar-refractivity contribution in [3.05, 3.63) is 64.2 Å². The summed E-state index contributed by atoms with van der Waals surface area (Å²) in [5.41, 5.74) is 3.20. The number of hydrogen-bond acceptors (Lipinski definition) is 2. The van der Waals surface area contributed by atoms with E-state index in [2.05, 4.69) is 16.7 Å². The largest absolute Gasteiger partial charge is 0.492 e. The van der Waals surface area contributed by atoms with Gasteiger partial charge in [0.15, 0.2) is 0 Å². The van der Waals surface area contributed by atoms with Crippen LogP contribution in [0.4, 0.5) is 4.79 Å². The monoisotopic (exact) mass is 332 g/mol. The van der Waals surface area contributed by atoms with Crippen LogP contribution in [0.25, 0.3) is 0 Å². The number of urea groups is 1. The third-order valence-corrected chi connectivity index (χ3v) is 3.62. The van der Waals surface area contributed by atoms with Gasteiger partial charge in [0.1, 0.15) is 12.4 Å². The Morgan fingerprint density at radius 2 is 1.78 bits per heavy atom. The van der Waals surface area contributed by atoms with Crippen LogP contribution in [0.15, 0.2) is 42.5 Å². The molecule has 2 aromatic rings. The normalized spacial score (nSPS) is 10.2. The summed E-state index contributed by atoms with van der Waals surface area (Å²) in [5, 5.41) is 6.16. The first kappa shape index (κ1) is 17.2. The summed E-state index contributed by atoms with van der Waals surface area (Å²) >= 11 is 6.04. The molecule has 5 heteroatoms. The maximum absolute atomic E-state index is 11.7. The number of ether oxygens (including phenoxy) is 1. The summed E-state index contributed by atoms with van der Waals surface area (Å²) in [6.07, 6.45) is 0. The van der Waals surface area contributed by atoms with Gasteiger partial charge in [0.2, 0.25) is 0 Å². The topological polar surface area (TPSA) is 50.4 Å². The van der Waals surface area contributed by atoms with Gasteiger partial charge in [0.25, 0.3) is 0 Å². The minimum Gasteiger partial charge on any atom is -0.492 e. The lowest BCUT2D eigenvalue weighted by Gasteiger charge is -2.10. The van der Waals surface area contributed by atoms with Crippen molar-refractivity contribution < 1.29 is 9.53 Å². The van der Waals surface area contributed by atoms with Gasteiger partial charge in [-0.1, -0.05) is 35.9 Å². The van der Waals surface area contributed by atoms with Gasteiger partial charge >= 0.3 is 6.03 Å². The fourth-order valence-corrected chi connectivity index (χ4v) is 2.43. The zero-order chi connectivity index (χ0) is 16.7. The summed E-state index contributed by atoms with van der Waals surface area (Å²) in [6, 6.07) is 13.2. The molecule has 0 saturated heterocycles. The van der Waals surface area contributed by atoms with Gasteiger partial charge in [0.05, 0.1) is 6.54 Å². The Morgan fingerprint density at radius 3 is 2.48 bits per heavy atom. The summed E-state index contributed by atoms with van der Waals surface area (Å²) in [5.74, 6) is 0.820. The molecule has 0 aliphatic rings. The molecule has 2 N–H and O–H groups in total. The highest BCUT2D eigenvalue weighted by atomic mass is 35.5. The molecule has 0 heterocycles. The molecule has 0 aromatic heterocycles. The minimum absolute atomic E-state index is 0.242. The molecule has 2 aromatic carbocycles. The van der Waals surface area contributed by atoms with Crippen LogP contribution < -0.4 is 15.4 Å². The van der Waals surface area contributed by atoms with Crippen molar-refractivity contribution in [2.24, 2.45) is 0 Å². The molecule has 2 amide bonds. The van der Waals surface area contributed by atoms with Crippen LogP contribution in [0.3, 0.4) is 0 Å². The van der Waals surface area contributed by atoms with E-state index in [9.17, 15) is 4.79 Å². The van der Waals surface area contributed by atoms with Gasteiger partial charge in [-0.3, -0.25) is 0 Å². The minimum atomic E-state index is -0.242. The van der Waals surface area contributed by atoms with Crippen molar-refractivity contribution in [2.45, 2.75) is 20.4 Å². The van der Waals surface area contributed by atoms with Crippen molar-refractivity contribution in [2.75, 3.05) is 13.2 Å². The second kappa shape index (κ2) is 8.44. The number of nitrogens with one attached hydrogen (secondary N) is 2. The lowest BCUT2D eigenvalue weighted by Crippen LogP contribution is -2.37. The summed E-state index contributed by atoms with van der Waals surface area (Å²) in [4.78, 5) is 11.7. The average molecular weight is 333 g/mol. The van der Waals surface area contributed by atoms with E-state index in [-0.39, 0.29) is 6.03 Å². The Labute approximate surface area is 141 Å². The number of benzene rings is 2. The van der Waals surface area contributed by atoms with E-state index in [1.807, 2.05) is 44.2 Å². The quantitative estimate of drug-likeness (QED) is 0.790. The van der Waals surface area contributed by atoms with Crippen molar-refractivity contribution in [3.8, 4) is 5.75 Å². The summed E-state index contributed by atoms with van der Waals surface area (Å²) in [7, 11) is 0. The molecular weight excluding hydrogens is 312 g/mol. The van der Waals surface area contributed by atoms with E-state index in [1.54, 1.807) is 6.07 Å². The molecule has 23 heavy (non-hydrogen) atoms. The predicted molar refractivity (Wildman–Crippen MR) is 93.1 cm³/mol. The van der Waals surface area contributed by atoms with E-state index in [0.717, 1.165) is 22.4 Å². The molecule has 0 atom stereocenters. The fourth-order valence-electron chi connectivity index (χ4n) is 2.23. The second-order valence-electron chi connectivity index (χ2n) is 5.37. The van der Waals surface area contributed by atoms with E-state index < -0.39 is 0 Å². The van der Waals surface area contributed by atoms with Gasteiger partial charge in [-0.2, -0.15) is 0 Å². The Bertz CT molecular complexity index is 654. The number of rotatable bonds is 6. The van der Waals surface area contributed by atoms with Crippen molar-refractivity contribution in [3.63, 3.8) is 0 Å². The number of amides is 2. The second-order valence-corrected chi connectivity index (χ2v) is 5.78. The first-order valence-electron chi connectivity index (χ1n) is 7.51. The summed E-state index contributed by atoms with van der Waals surface area (Å²) in [6.45, 7) is 5.30. The number of carbonyl (C=O) groups is 1. The highest BCUT2D eigenvalue weighted by Crippen LogP contribution is 2.16. The highest BCUT2D eigenvalue weighted by Gasteiger charge is 2.03. The zero-order valence-electron chi connectivity index (χ0n) is 13.4. The van der Waals surface area contributed by atoms with E-state index in [1.165, 1.54) is 0 Å². The van der Waals surface area contributed by atoms with Gasteiger partial charge < -0.3 is 15.4 Å². The van der Waals surface area contributed by atoms with Crippen molar-refractivity contribution in [1.82, 2.24) is 10.6 Å². The molecule has 0 aliphatic carbocycles. The Balaban J connectivity index is 1.68. The van der Waals surface area contributed by atoms with E-state index in [0.29, 0.717) is 24.7 Å². The molecule has 2 rings (SSSR count). The summed E-state index contributed by atoms with van der Waals surface area (Å²) < 4.78 is 5.64. The van der Waals surface area contributed by atoms with Crippen LogP contribution >= 0.6 is 11.6 Å². The molecule has 0 bridgehead atoms. The molecule has 0 fully saturated rings. The lowest BCUT2D eigenvalue weighted by molar-refractivity contribution is 0.236. The maximum atomic E-state index is 11.7. The van der Waals surface area contributed by atoms with Gasteiger partial charge in [-0.05, 0) is 48.7 Å². The van der Waals surface area contributed by atoms with Crippen LogP contribution in [0.5, 0.6) is 5.75 Å². The molecular formula is C18H21ClN2O2. The number of carbonyl (C=O) groups excluding carboxylic acids is 1. The fraction of sp³-hybridized carbons (Fsp3) is 0.278. The van der Waals surface area contributed by atoms with Crippen LogP contribution in [0.1, 0.15) is 16.7 Å². The maximum Gasteiger partial charge on any atom is 0.315 e. The van der Waals surface area contributed by atoms with Gasteiger partial charge in [0, 0.05) is 11.6 Å². The molecule has 0 radical (unpaired) electrons. The first-order chi connectivity index (χ1) is 11.0. The Hall–Kier alpha value is -2.20. The van der Waals surface area contributed by atoms with Crippen LogP contribution in [-0.4, -0.2) is 19.2 Å². The molecule has 0 unspecified atom stereocenters.